The standard InChI is InChI=1S/C20H19NO3/c1-3-16-9-5-6-10-17(16)14-21(19(22)12-13-20(23)24)18-11-7-4-8-15(18)2/h1,4-11H,12-14H2,2H3,(H,23,24). The van der Waals surface area contributed by atoms with E-state index in [1.807, 2.05) is 55.5 Å². The fourth-order valence-corrected chi connectivity index (χ4v) is 2.49. The van der Waals surface area contributed by atoms with E-state index in [0.29, 0.717) is 6.54 Å². The average molecular weight is 321 g/mol. The van der Waals surface area contributed by atoms with E-state index in [2.05, 4.69) is 5.92 Å². The summed E-state index contributed by atoms with van der Waals surface area (Å²) in [7, 11) is 0. The van der Waals surface area contributed by atoms with Crippen LogP contribution in [0.2, 0.25) is 0 Å². The first-order valence-electron chi connectivity index (χ1n) is 7.65. The Hall–Kier alpha value is -3.06. The maximum Gasteiger partial charge on any atom is 0.303 e. The summed E-state index contributed by atoms with van der Waals surface area (Å²) in [6, 6.07) is 14.9. The van der Waals surface area contributed by atoms with Crippen LogP contribution in [0.1, 0.15) is 29.5 Å². The van der Waals surface area contributed by atoms with Crippen LogP contribution in [0.3, 0.4) is 0 Å². The SMILES string of the molecule is C#Cc1ccccc1CN(C(=O)CCC(=O)O)c1ccccc1C. The Bertz CT molecular complexity index is 789. The molecule has 0 saturated carbocycles. The monoisotopic (exact) mass is 321 g/mol. The molecule has 2 rings (SSSR count). The lowest BCUT2D eigenvalue weighted by Crippen LogP contribution is -2.31. The average Bonchev–Trinajstić information content (AvgIpc) is 2.58. The van der Waals surface area contributed by atoms with Gasteiger partial charge in [-0.1, -0.05) is 42.3 Å². The van der Waals surface area contributed by atoms with E-state index in [0.717, 1.165) is 22.4 Å². The molecule has 1 amide bonds. The van der Waals surface area contributed by atoms with Gasteiger partial charge >= 0.3 is 5.97 Å². The molecule has 0 aliphatic carbocycles. The normalized spacial score (nSPS) is 10.0. The Balaban J connectivity index is 2.36. The van der Waals surface area contributed by atoms with Gasteiger partial charge in [0.05, 0.1) is 13.0 Å². The van der Waals surface area contributed by atoms with Crippen LogP contribution in [0, 0.1) is 19.3 Å². The smallest absolute Gasteiger partial charge is 0.303 e. The highest BCUT2D eigenvalue weighted by atomic mass is 16.4. The Morgan fingerprint density at radius 2 is 1.75 bits per heavy atom. The van der Waals surface area contributed by atoms with E-state index in [9.17, 15) is 9.59 Å². The van der Waals surface area contributed by atoms with Gasteiger partial charge in [0.15, 0.2) is 0 Å². The van der Waals surface area contributed by atoms with Crippen molar-refractivity contribution in [3.63, 3.8) is 0 Å². The second-order valence-electron chi connectivity index (χ2n) is 5.46. The van der Waals surface area contributed by atoms with Gasteiger partial charge in [-0.15, -0.1) is 6.42 Å². The third-order valence-electron chi connectivity index (χ3n) is 3.76. The molecule has 0 saturated heterocycles. The van der Waals surface area contributed by atoms with Gasteiger partial charge in [-0.25, -0.2) is 0 Å². The molecule has 24 heavy (non-hydrogen) atoms. The number of carbonyl (C=O) groups excluding carboxylic acids is 1. The molecular weight excluding hydrogens is 302 g/mol. The van der Waals surface area contributed by atoms with Crippen molar-refractivity contribution in [2.45, 2.75) is 26.3 Å². The lowest BCUT2D eigenvalue weighted by atomic mass is 10.1. The summed E-state index contributed by atoms with van der Waals surface area (Å²) in [6.45, 7) is 2.23. The zero-order chi connectivity index (χ0) is 17.5. The molecule has 0 atom stereocenters. The van der Waals surface area contributed by atoms with Crippen LogP contribution in [0.15, 0.2) is 48.5 Å². The second-order valence-corrected chi connectivity index (χ2v) is 5.46. The summed E-state index contributed by atoms with van der Waals surface area (Å²) in [5, 5.41) is 8.84. The molecule has 2 aromatic rings. The van der Waals surface area contributed by atoms with Gasteiger partial charge < -0.3 is 10.0 Å². The molecular formula is C20H19NO3. The Labute approximate surface area is 141 Å². The van der Waals surface area contributed by atoms with Crippen molar-refractivity contribution >= 4 is 17.6 Å². The minimum Gasteiger partial charge on any atom is -0.481 e. The molecule has 0 radical (unpaired) electrons. The first-order chi connectivity index (χ1) is 11.5. The first-order valence-corrected chi connectivity index (χ1v) is 7.65. The summed E-state index contributed by atoms with van der Waals surface area (Å²) in [4.78, 5) is 25.0. The van der Waals surface area contributed by atoms with Gasteiger partial charge in [0.1, 0.15) is 0 Å². The molecule has 0 spiro atoms. The van der Waals surface area contributed by atoms with Gasteiger partial charge in [-0.3, -0.25) is 9.59 Å². The number of anilines is 1. The van der Waals surface area contributed by atoms with Gasteiger partial charge in [-0.05, 0) is 30.2 Å². The number of nitrogens with zero attached hydrogens (tertiary/aromatic N) is 1. The maximum absolute atomic E-state index is 12.6. The molecule has 0 heterocycles. The predicted molar refractivity (Wildman–Crippen MR) is 93.6 cm³/mol. The van der Waals surface area contributed by atoms with Crippen molar-refractivity contribution in [2.24, 2.45) is 0 Å². The summed E-state index contributed by atoms with van der Waals surface area (Å²) in [5.41, 5.74) is 3.29. The minimum absolute atomic E-state index is 0.0537. The van der Waals surface area contributed by atoms with Crippen LogP contribution < -0.4 is 4.90 Å². The third-order valence-corrected chi connectivity index (χ3v) is 3.76. The summed E-state index contributed by atoms with van der Waals surface area (Å²) >= 11 is 0. The van der Waals surface area contributed by atoms with Crippen molar-refractivity contribution in [1.29, 1.82) is 0 Å². The zero-order valence-electron chi connectivity index (χ0n) is 13.5. The molecule has 0 aliphatic heterocycles. The van der Waals surface area contributed by atoms with Crippen LogP contribution in [0.25, 0.3) is 0 Å². The number of para-hydroxylation sites is 1. The maximum atomic E-state index is 12.6. The number of carboxylic acids is 1. The zero-order valence-corrected chi connectivity index (χ0v) is 13.5. The quantitative estimate of drug-likeness (QED) is 0.830. The van der Waals surface area contributed by atoms with Gasteiger partial charge in [0.25, 0.3) is 0 Å². The molecule has 0 aromatic heterocycles. The predicted octanol–water partition coefficient (Wildman–Crippen LogP) is 3.37. The van der Waals surface area contributed by atoms with Crippen LogP contribution in [0.5, 0.6) is 0 Å². The number of terminal acetylenes is 1. The summed E-state index contributed by atoms with van der Waals surface area (Å²) in [6.07, 6.45) is 5.29. The van der Waals surface area contributed by atoms with E-state index in [1.54, 1.807) is 4.90 Å². The van der Waals surface area contributed by atoms with Gasteiger partial charge in [0, 0.05) is 17.7 Å². The summed E-state index contributed by atoms with van der Waals surface area (Å²) in [5.74, 6) is 1.40. The van der Waals surface area contributed by atoms with Gasteiger partial charge in [0.2, 0.25) is 5.91 Å². The van der Waals surface area contributed by atoms with Crippen molar-refractivity contribution in [2.75, 3.05) is 4.90 Å². The van der Waals surface area contributed by atoms with E-state index in [-0.39, 0.29) is 18.7 Å². The number of hydrogen-bond donors (Lipinski definition) is 1. The van der Waals surface area contributed by atoms with E-state index in [4.69, 9.17) is 11.5 Å². The third kappa shape index (κ3) is 4.23. The highest BCUT2D eigenvalue weighted by Gasteiger charge is 2.19. The van der Waals surface area contributed by atoms with Crippen LogP contribution in [-0.4, -0.2) is 17.0 Å². The Morgan fingerprint density at radius 3 is 2.42 bits per heavy atom. The second kappa shape index (κ2) is 7.98. The van der Waals surface area contributed by atoms with Crippen LogP contribution in [0.4, 0.5) is 5.69 Å². The number of carbonyl (C=O) groups is 2. The molecule has 4 nitrogen and oxygen atoms in total. The van der Waals surface area contributed by atoms with Crippen molar-refractivity contribution in [3.05, 3.63) is 65.2 Å². The Kier molecular flexibility index (Phi) is 5.75. The fraction of sp³-hybridized carbons (Fsp3) is 0.200. The fourth-order valence-electron chi connectivity index (χ4n) is 2.49. The largest absolute Gasteiger partial charge is 0.481 e. The van der Waals surface area contributed by atoms with Crippen molar-refractivity contribution in [3.8, 4) is 12.3 Å². The van der Waals surface area contributed by atoms with Crippen molar-refractivity contribution in [1.82, 2.24) is 0 Å². The van der Waals surface area contributed by atoms with Crippen LogP contribution in [-0.2, 0) is 16.1 Å². The number of aryl methyl sites for hydroxylation is 1. The van der Waals surface area contributed by atoms with E-state index >= 15 is 0 Å². The van der Waals surface area contributed by atoms with Gasteiger partial charge in [-0.2, -0.15) is 0 Å². The molecule has 122 valence electrons. The molecule has 2 aromatic carbocycles. The minimum atomic E-state index is -0.989. The number of aliphatic carboxylic acids is 1. The topological polar surface area (TPSA) is 57.6 Å². The lowest BCUT2D eigenvalue weighted by Gasteiger charge is -2.25. The summed E-state index contributed by atoms with van der Waals surface area (Å²) < 4.78 is 0. The van der Waals surface area contributed by atoms with Crippen LogP contribution >= 0.6 is 0 Å². The number of hydrogen-bond acceptors (Lipinski definition) is 2. The first kappa shape index (κ1) is 17.3. The molecule has 0 aliphatic rings. The van der Waals surface area contributed by atoms with E-state index < -0.39 is 5.97 Å². The number of carboxylic acid groups (broad SMARTS) is 1. The number of benzene rings is 2. The molecule has 0 unspecified atom stereocenters. The molecule has 4 heteroatoms. The highest BCUT2D eigenvalue weighted by molar-refractivity contribution is 5.95. The molecule has 0 fully saturated rings. The number of rotatable bonds is 6. The molecule has 0 bridgehead atoms. The molecule has 1 N–H and O–H groups in total. The number of amides is 1. The lowest BCUT2D eigenvalue weighted by molar-refractivity contribution is -0.138. The van der Waals surface area contributed by atoms with Crippen molar-refractivity contribution < 1.29 is 14.7 Å². The highest BCUT2D eigenvalue weighted by Crippen LogP contribution is 2.24. The van der Waals surface area contributed by atoms with E-state index in [1.165, 1.54) is 0 Å². The Morgan fingerprint density at radius 1 is 1.08 bits per heavy atom.